The molecular weight excluding hydrogens is 397 g/mol. The van der Waals surface area contributed by atoms with Gasteiger partial charge in [-0.1, -0.05) is 49.4 Å². The van der Waals surface area contributed by atoms with Gasteiger partial charge in [0.15, 0.2) is 0 Å². The molecule has 2 aromatic rings. The molecule has 9 heteroatoms. The lowest BCUT2D eigenvalue weighted by Crippen LogP contribution is -2.53. The summed E-state index contributed by atoms with van der Waals surface area (Å²) in [4.78, 5) is 52.2. The molecule has 160 valence electrons. The van der Waals surface area contributed by atoms with Crippen molar-refractivity contribution in [3.8, 4) is 0 Å². The molecule has 1 heterocycles. The van der Waals surface area contributed by atoms with Crippen molar-refractivity contribution in [1.82, 2.24) is 5.23 Å². The number of para-hydroxylation sites is 2. The van der Waals surface area contributed by atoms with Gasteiger partial charge < -0.3 is 19.7 Å². The van der Waals surface area contributed by atoms with Crippen LogP contribution in [-0.2, 0) is 30.5 Å². The molecule has 31 heavy (non-hydrogen) atoms. The fourth-order valence-corrected chi connectivity index (χ4v) is 3.43. The average Bonchev–Trinajstić information content (AvgIpc) is 2.92. The summed E-state index contributed by atoms with van der Waals surface area (Å²) in [6.45, 7) is 1.59. The molecule has 8 nitrogen and oxygen atoms in total. The summed E-state index contributed by atoms with van der Waals surface area (Å²) < 4.78 is 5.36. The minimum atomic E-state index is -0.838. The Morgan fingerprint density at radius 1 is 1.13 bits per heavy atom. The monoisotopic (exact) mass is 421 g/mol. The van der Waals surface area contributed by atoms with E-state index in [1.54, 1.807) is 31.2 Å². The number of anilines is 2. The van der Waals surface area contributed by atoms with Crippen molar-refractivity contribution in [3.05, 3.63) is 60.2 Å². The Bertz CT molecular complexity index is 953. The molecule has 1 aliphatic rings. The molecule has 0 aromatic heterocycles. The van der Waals surface area contributed by atoms with Gasteiger partial charge in [0.1, 0.15) is 13.2 Å². The maximum Gasteiger partial charge on any atom is 0.326 e. The Morgan fingerprint density at radius 3 is 2.48 bits per heavy atom. The second kappa shape index (κ2) is 10.5. The van der Waals surface area contributed by atoms with Crippen LogP contribution >= 0.6 is 0 Å². The quantitative estimate of drug-likeness (QED) is 0.389. The molecule has 1 aliphatic heterocycles. The molecule has 0 spiro atoms. The number of rotatable bonds is 8. The van der Waals surface area contributed by atoms with Gasteiger partial charge in [-0.05, 0) is 17.7 Å². The second-order valence-corrected chi connectivity index (χ2v) is 7.04. The fourth-order valence-electron chi connectivity index (χ4n) is 3.43. The second-order valence-electron chi connectivity index (χ2n) is 7.04. The molecule has 1 N–H and O–H groups in total. The molecule has 0 unspecified atom stereocenters. The van der Waals surface area contributed by atoms with E-state index in [1.165, 1.54) is 9.80 Å². The number of hydrogen-bond acceptors (Lipinski definition) is 6. The number of fused-ring (bicyclic) bond motifs is 1. The lowest BCUT2D eigenvalue weighted by atomic mass is 9.96. The van der Waals surface area contributed by atoms with Gasteiger partial charge in [-0.3, -0.25) is 19.3 Å². The molecule has 0 saturated carbocycles. The maximum absolute atomic E-state index is 13.3. The summed E-state index contributed by atoms with van der Waals surface area (Å²) in [5.41, 5.74) is 1.82. The number of carbonyl (C=O) groups is 4. The van der Waals surface area contributed by atoms with E-state index in [2.05, 4.69) is 5.23 Å². The molecule has 0 fully saturated rings. The Labute approximate surface area is 181 Å². The van der Waals surface area contributed by atoms with Gasteiger partial charge in [0, 0.05) is 13.0 Å². The summed E-state index contributed by atoms with van der Waals surface area (Å²) in [5.74, 6) is -1.14. The van der Waals surface area contributed by atoms with Gasteiger partial charge >= 0.3 is 5.97 Å². The number of ether oxygens (including phenoxy) is 1. The van der Waals surface area contributed by atoms with E-state index in [9.17, 15) is 19.2 Å². The van der Waals surface area contributed by atoms with Crippen molar-refractivity contribution in [2.75, 3.05) is 22.9 Å². The third-order valence-corrected chi connectivity index (χ3v) is 4.97. The molecule has 0 aliphatic carbocycles. The molecular formula is C22H24BN3O5. The molecule has 2 amide bonds. The van der Waals surface area contributed by atoms with Gasteiger partial charge in [0.2, 0.25) is 11.8 Å². The van der Waals surface area contributed by atoms with E-state index in [4.69, 9.17) is 4.74 Å². The predicted octanol–water partition coefficient (Wildman–Crippen LogP) is 1.02. The van der Waals surface area contributed by atoms with E-state index in [0.717, 1.165) is 5.56 Å². The Morgan fingerprint density at radius 2 is 1.81 bits per heavy atom. The number of esters is 1. The first-order valence-corrected chi connectivity index (χ1v) is 10.1. The van der Waals surface area contributed by atoms with Crippen LogP contribution < -0.4 is 15.0 Å². The summed E-state index contributed by atoms with van der Waals surface area (Å²) in [6, 6.07) is 15.3. The summed E-state index contributed by atoms with van der Waals surface area (Å²) in [6.07, 6.45) is 0.901. The Balaban J connectivity index is 1.87. The van der Waals surface area contributed by atoms with Crippen LogP contribution in [0, 0.1) is 0 Å². The average molecular weight is 421 g/mol. The smallest absolute Gasteiger partial charge is 0.326 e. The topological polar surface area (TPSA) is 96.0 Å². The number of nitrogens with zero attached hydrogens (tertiary/aromatic N) is 2. The SMILES string of the molecule is CCC(=O)N1C[C@H](NBC=O)C(=O)N(CC(=O)OCc2ccccc2)c2ccccc21. The number of nitrogens with one attached hydrogen (secondary N) is 1. The molecule has 0 bridgehead atoms. The van der Waals surface area contributed by atoms with Crippen LogP contribution in [0.5, 0.6) is 0 Å². The zero-order valence-corrected chi connectivity index (χ0v) is 17.3. The van der Waals surface area contributed by atoms with Crippen LogP contribution in [0.25, 0.3) is 0 Å². The highest BCUT2D eigenvalue weighted by Gasteiger charge is 2.36. The summed E-state index contributed by atoms with van der Waals surface area (Å²) in [7, 11) is -0.0484. The normalized spacial score (nSPS) is 15.6. The van der Waals surface area contributed by atoms with Crippen LogP contribution in [-0.4, -0.2) is 50.5 Å². The zero-order chi connectivity index (χ0) is 22.2. The first kappa shape index (κ1) is 22.2. The number of amides is 2. The third-order valence-electron chi connectivity index (χ3n) is 4.97. The maximum atomic E-state index is 13.3. The molecule has 1 atom stereocenters. The lowest BCUT2D eigenvalue weighted by molar-refractivity contribution is -0.144. The number of carbonyl (C=O) groups excluding carboxylic acids is 4. The lowest BCUT2D eigenvalue weighted by Gasteiger charge is -2.24. The Kier molecular flexibility index (Phi) is 7.56. The van der Waals surface area contributed by atoms with Crippen LogP contribution in [0.3, 0.4) is 0 Å². The number of benzene rings is 2. The van der Waals surface area contributed by atoms with Crippen LogP contribution in [0.1, 0.15) is 18.9 Å². The van der Waals surface area contributed by atoms with E-state index in [0.29, 0.717) is 17.6 Å². The minimum Gasteiger partial charge on any atom is -0.459 e. The first-order valence-electron chi connectivity index (χ1n) is 10.1. The van der Waals surface area contributed by atoms with Gasteiger partial charge in [-0.2, -0.15) is 0 Å². The van der Waals surface area contributed by atoms with Crippen molar-refractivity contribution >= 4 is 42.8 Å². The standard InChI is InChI=1S/C22H24BN3O5/c1-2-20(28)25-12-17(24-23-15-27)22(30)26(19-11-7-6-10-18(19)25)13-21(29)31-14-16-8-4-3-5-9-16/h3-11,15,17,23-24H,2,12-14H2,1H3/t17-/m0/s1. The Hall–Kier alpha value is -3.46. The van der Waals surface area contributed by atoms with Crippen LogP contribution in [0.2, 0.25) is 0 Å². The van der Waals surface area contributed by atoms with Crippen molar-refractivity contribution < 1.29 is 23.9 Å². The number of hydrogen-bond donors (Lipinski definition) is 1. The first-order chi connectivity index (χ1) is 15.0. The van der Waals surface area contributed by atoms with Gasteiger partial charge in [-0.25, -0.2) is 0 Å². The summed E-state index contributed by atoms with van der Waals surface area (Å²) in [5, 5.41) is 2.86. The highest BCUT2D eigenvalue weighted by Crippen LogP contribution is 2.33. The fraction of sp³-hybridized carbons (Fsp3) is 0.273. The van der Waals surface area contributed by atoms with E-state index in [1.807, 2.05) is 30.3 Å². The van der Waals surface area contributed by atoms with Gasteiger partial charge in [0.05, 0.1) is 23.6 Å². The van der Waals surface area contributed by atoms with Crippen molar-refractivity contribution in [2.45, 2.75) is 26.0 Å². The van der Waals surface area contributed by atoms with Crippen molar-refractivity contribution in [1.29, 1.82) is 0 Å². The van der Waals surface area contributed by atoms with Gasteiger partial charge in [0.25, 0.3) is 7.41 Å². The van der Waals surface area contributed by atoms with E-state index in [-0.39, 0.29) is 39.4 Å². The summed E-state index contributed by atoms with van der Waals surface area (Å²) >= 11 is 0. The van der Waals surface area contributed by atoms with E-state index >= 15 is 0 Å². The van der Waals surface area contributed by atoms with E-state index < -0.39 is 17.9 Å². The molecule has 3 rings (SSSR count). The minimum absolute atomic E-state index is 0.0484. The molecule has 2 aromatic carbocycles. The third kappa shape index (κ3) is 5.38. The molecule has 0 radical (unpaired) electrons. The van der Waals surface area contributed by atoms with Crippen LogP contribution in [0.15, 0.2) is 54.6 Å². The predicted molar refractivity (Wildman–Crippen MR) is 119 cm³/mol. The van der Waals surface area contributed by atoms with Crippen molar-refractivity contribution in [2.24, 2.45) is 0 Å². The van der Waals surface area contributed by atoms with Crippen LogP contribution in [0.4, 0.5) is 11.4 Å². The van der Waals surface area contributed by atoms with Crippen molar-refractivity contribution in [3.63, 3.8) is 0 Å². The van der Waals surface area contributed by atoms with Gasteiger partial charge in [-0.15, -0.1) is 0 Å². The molecule has 0 saturated heterocycles. The zero-order valence-electron chi connectivity index (χ0n) is 17.3. The highest BCUT2D eigenvalue weighted by molar-refractivity contribution is 6.64. The largest absolute Gasteiger partial charge is 0.459 e. The highest BCUT2D eigenvalue weighted by atomic mass is 16.5.